The highest BCUT2D eigenvalue weighted by atomic mass is 32.2. The molecule has 1 amide bonds. The van der Waals surface area contributed by atoms with Crippen LogP contribution in [0.25, 0.3) is 0 Å². The fourth-order valence-corrected chi connectivity index (χ4v) is 4.50. The molecule has 1 saturated heterocycles. The highest BCUT2D eigenvalue weighted by molar-refractivity contribution is 7.90. The number of carbonyl (C=O) groups is 1. The van der Waals surface area contributed by atoms with Gasteiger partial charge in [0.1, 0.15) is 0 Å². The molecule has 2 aliphatic heterocycles. The predicted octanol–water partition coefficient (Wildman–Crippen LogP) is 0.373. The topological polar surface area (TPSA) is 84.3 Å². The van der Waals surface area contributed by atoms with Crippen molar-refractivity contribution in [1.29, 1.82) is 0 Å². The monoisotopic (exact) mass is 326 g/mol. The summed E-state index contributed by atoms with van der Waals surface area (Å²) in [6.45, 7) is 1.73. The minimum absolute atomic E-state index is 0.0841. The molecule has 122 valence electrons. The van der Waals surface area contributed by atoms with Gasteiger partial charge in [-0.15, -0.1) is 0 Å². The lowest BCUT2D eigenvalue weighted by atomic mass is 10.0. The van der Waals surface area contributed by atoms with Crippen LogP contribution in [-0.2, 0) is 23.0 Å². The molecule has 3 rings (SSSR count). The van der Waals surface area contributed by atoms with Gasteiger partial charge < -0.3 is 4.90 Å². The Morgan fingerprint density at radius 2 is 2.14 bits per heavy atom. The molecule has 0 radical (unpaired) electrons. The average Bonchev–Trinajstić information content (AvgIpc) is 2.98. The Hall–Kier alpha value is -1.41. The number of piperidine rings is 1. The maximum Gasteiger partial charge on any atom is 0.257 e. The standard InChI is InChI=1S/C14H22N4O3S/c1-15-22(20,21)11-5-4-7-17(10-11)14(19)12-9-16-18-8-3-2-6-13(12)18/h9,11,15H,2-8,10H2,1H3. The fourth-order valence-electron chi connectivity index (χ4n) is 3.31. The van der Waals surface area contributed by atoms with Crippen LogP contribution in [0.5, 0.6) is 0 Å². The molecule has 0 aromatic carbocycles. The Kier molecular flexibility index (Phi) is 4.22. The van der Waals surface area contributed by atoms with E-state index in [1.54, 1.807) is 11.1 Å². The van der Waals surface area contributed by atoms with Crippen molar-refractivity contribution >= 4 is 15.9 Å². The lowest BCUT2D eigenvalue weighted by molar-refractivity contribution is 0.0725. The molecule has 1 atom stereocenters. The molecular weight excluding hydrogens is 304 g/mol. The highest BCUT2D eigenvalue weighted by Crippen LogP contribution is 2.22. The first-order chi connectivity index (χ1) is 10.5. The Labute approximate surface area is 130 Å². The zero-order valence-corrected chi connectivity index (χ0v) is 13.6. The first-order valence-electron chi connectivity index (χ1n) is 7.79. The van der Waals surface area contributed by atoms with Gasteiger partial charge in [0.05, 0.1) is 22.7 Å². The molecule has 1 unspecified atom stereocenters. The van der Waals surface area contributed by atoms with Gasteiger partial charge in [0.2, 0.25) is 10.0 Å². The van der Waals surface area contributed by atoms with Crippen molar-refractivity contribution in [2.75, 3.05) is 20.1 Å². The zero-order valence-electron chi connectivity index (χ0n) is 12.8. The van der Waals surface area contributed by atoms with Crippen molar-refractivity contribution in [3.05, 3.63) is 17.5 Å². The van der Waals surface area contributed by atoms with Gasteiger partial charge in [0, 0.05) is 19.6 Å². The van der Waals surface area contributed by atoms with Crippen LogP contribution >= 0.6 is 0 Å². The number of nitrogens with zero attached hydrogens (tertiary/aromatic N) is 3. The molecule has 2 aliphatic rings. The minimum atomic E-state index is -3.34. The summed E-state index contributed by atoms with van der Waals surface area (Å²) in [6.07, 6.45) is 5.98. The van der Waals surface area contributed by atoms with E-state index >= 15 is 0 Å². The Morgan fingerprint density at radius 3 is 2.91 bits per heavy atom. The number of sulfonamides is 1. The van der Waals surface area contributed by atoms with Gasteiger partial charge in [-0.05, 0) is 39.2 Å². The molecule has 0 spiro atoms. The van der Waals surface area contributed by atoms with Crippen molar-refractivity contribution in [2.24, 2.45) is 0 Å². The number of aromatic nitrogens is 2. The number of hydrogen-bond acceptors (Lipinski definition) is 4. The molecule has 3 heterocycles. The molecule has 1 fully saturated rings. The molecule has 0 aliphatic carbocycles. The molecule has 1 N–H and O–H groups in total. The molecule has 1 aromatic rings. The number of likely N-dealkylation sites (tertiary alicyclic amines) is 1. The van der Waals surface area contributed by atoms with Gasteiger partial charge in [-0.2, -0.15) is 5.10 Å². The maximum absolute atomic E-state index is 12.8. The number of rotatable bonds is 3. The molecule has 0 saturated carbocycles. The summed E-state index contributed by atoms with van der Waals surface area (Å²) in [5, 5.41) is 3.77. The lowest BCUT2D eigenvalue weighted by Crippen LogP contribution is -2.47. The summed E-state index contributed by atoms with van der Waals surface area (Å²) in [4.78, 5) is 14.4. The SMILES string of the molecule is CNS(=O)(=O)C1CCCN(C(=O)c2cnn3c2CCCC3)C1. The minimum Gasteiger partial charge on any atom is -0.337 e. The summed E-state index contributed by atoms with van der Waals surface area (Å²) >= 11 is 0. The molecule has 0 bridgehead atoms. The highest BCUT2D eigenvalue weighted by Gasteiger charge is 2.33. The second kappa shape index (κ2) is 6.00. The quantitative estimate of drug-likeness (QED) is 0.870. The van der Waals surface area contributed by atoms with Crippen molar-refractivity contribution in [3.8, 4) is 0 Å². The van der Waals surface area contributed by atoms with Gasteiger partial charge in [0.15, 0.2) is 0 Å². The third kappa shape index (κ3) is 2.77. The number of aryl methyl sites for hydroxylation is 1. The normalized spacial score (nSPS) is 22.4. The largest absolute Gasteiger partial charge is 0.337 e. The molecular formula is C14H22N4O3S. The number of nitrogens with one attached hydrogen (secondary N) is 1. The van der Waals surface area contributed by atoms with Crippen LogP contribution in [-0.4, -0.2) is 54.4 Å². The van der Waals surface area contributed by atoms with E-state index in [9.17, 15) is 13.2 Å². The summed E-state index contributed by atoms with van der Waals surface area (Å²) in [7, 11) is -1.92. The third-order valence-corrected chi connectivity index (χ3v) is 6.43. The van der Waals surface area contributed by atoms with Gasteiger partial charge in [-0.1, -0.05) is 0 Å². The van der Waals surface area contributed by atoms with Crippen LogP contribution in [0.2, 0.25) is 0 Å². The van der Waals surface area contributed by atoms with Gasteiger partial charge in [-0.3, -0.25) is 9.48 Å². The van der Waals surface area contributed by atoms with E-state index in [0.717, 1.165) is 31.5 Å². The van der Waals surface area contributed by atoms with Crippen molar-refractivity contribution < 1.29 is 13.2 Å². The Morgan fingerprint density at radius 1 is 1.32 bits per heavy atom. The Balaban J connectivity index is 1.79. The number of hydrogen-bond donors (Lipinski definition) is 1. The summed E-state index contributed by atoms with van der Waals surface area (Å²) in [5.41, 5.74) is 1.64. The lowest BCUT2D eigenvalue weighted by Gasteiger charge is -2.32. The summed E-state index contributed by atoms with van der Waals surface area (Å²) in [5.74, 6) is -0.0841. The molecule has 22 heavy (non-hydrogen) atoms. The second-order valence-electron chi connectivity index (χ2n) is 5.95. The van der Waals surface area contributed by atoms with Crippen molar-refractivity contribution in [3.63, 3.8) is 0 Å². The van der Waals surface area contributed by atoms with Crippen LogP contribution in [0.15, 0.2) is 6.20 Å². The van der Waals surface area contributed by atoms with Crippen LogP contribution in [0, 0.1) is 0 Å². The van der Waals surface area contributed by atoms with Gasteiger partial charge >= 0.3 is 0 Å². The van der Waals surface area contributed by atoms with E-state index in [-0.39, 0.29) is 12.5 Å². The maximum atomic E-state index is 12.8. The van der Waals surface area contributed by atoms with Crippen molar-refractivity contribution in [2.45, 2.75) is 43.9 Å². The first-order valence-corrected chi connectivity index (χ1v) is 9.34. The third-order valence-electron chi connectivity index (χ3n) is 4.60. The van der Waals surface area contributed by atoms with Crippen LogP contribution < -0.4 is 4.72 Å². The van der Waals surface area contributed by atoms with E-state index in [0.29, 0.717) is 24.9 Å². The van der Waals surface area contributed by atoms with E-state index in [1.165, 1.54) is 7.05 Å². The summed E-state index contributed by atoms with van der Waals surface area (Å²) in [6, 6.07) is 0. The smallest absolute Gasteiger partial charge is 0.257 e. The van der Waals surface area contributed by atoms with Crippen LogP contribution in [0.1, 0.15) is 41.7 Å². The summed E-state index contributed by atoms with van der Waals surface area (Å²) < 4.78 is 28.2. The Bertz CT molecular complexity index is 668. The van der Waals surface area contributed by atoms with E-state index in [4.69, 9.17) is 0 Å². The van der Waals surface area contributed by atoms with E-state index in [1.807, 2.05) is 4.68 Å². The first kappa shape index (κ1) is 15.5. The zero-order chi connectivity index (χ0) is 15.7. The van der Waals surface area contributed by atoms with Crippen LogP contribution in [0.4, 0.5) is 0 Å². The average molecular weight is 326 g/mol. The fraction of sp³-hybridized carbons (Fsp3) is 0.714. The van der Waals surface area contributed by atoms with E-state index in [2.05, 4.69) is 9.82 Å². The molecule has 7 nitrogen and oxygen atoms in total. The number of fused-ring (bicyclic) bond motifs is 1. The van der Waals surface area contributed by atoms with Gasteiger partial charge in [-0.25, -0.2) is 13.1 Å². The number of amides is 1. The predicted molar refractivity (Wildman–Crippen MR) is 82.1 cm³/mol. The second-order valence-corrected chi connectivity index (χ2v) is 8.11. The van der Waals surface area contributed by atoms with Gasteiger partial charge in [0.25, 0.3) is 5.91 Å². The molecule has 8 heteroatoms. The van der Waals surface area contributed by atoms with Crippen LogP contribution in [0.3, 0.4) is 0 Å². The van der Waals surface area contributed by atoms with E-state index < -0.39 is 15.3 Å². The van der Waals surface area contributed by atoms with Crippen molar-refractivity contribution in [1.82, 2.24) is 19.4 Å². The molecule has 1 aromatic heterocycles. The number of carbonyl (C=O) groups excluding carboxylic acids is 1.